The lowest BCUT2D eigenvalue weighted by atomic mass is 9.56. The molecule has 0 bridgehead atoms. The van der Waals surface area contributed by atoms with E-state index in [-0.39, 0.29) is 41.2 Å². The predicted octanol–water partition coefficient (Wildman–Crippen LogP) is 5.73. The fourth-order valence-electron chi connectivity index (χ4n) is 11.2. The molecule has 49 heavy (non-hydrogen) atoms. The Hall–Kier alpha value is -2.35. The average molecular weight is 675 g/mol. The van der Waals surface area contributed by atoms with Gasteiger partial charge in [-0.1, -0.05) is 44.7 Å². The monoisotopic (exact) mass is 674 g/mol. The Kier molecular flexibility index (Phi) is 10.8. The Morgan fingerprint density at radius 1 is 1.06 bits per heavy atom. The third-order valence-corrected chi connectivity index (χ3v) is 13.7. The van der Waals surface area contributed by atoms with Gasteiger partial charge in [0.25, 0.3) is 0 Å². The van der Waals surface area contributed by atoms with Gasteiger partial charge in [0.15, 0.2) is 6.35 Å². The lowest BCUT2D eigenvalue weighted by Crippen LogP contribution is -2.81. The molecule has 268 valence electrons. The standard InChI is InChI=1S/C40H59FN6O2/c1-3-37(48)47-23-22-46(27-33(47)17-20-42)40(31-10-7-5-4-6-8-11-31)35-16-19-39(18-15-29-24-32(41)14-13-30(29)25-39)26-36(35)43-38(44-40)49-28-34-12-9-21-45(34)2/h3,13-14,24,31,33-36,38,43-44H,1,4-12,15-19,21-23,25-28H2,2H3/t33?,34?,35?,36?,38?,39-,40?/m0/s1. The summed E-state index contributed by atoms with van der Waals surface area (Å²) in [5.74, 6) is 0.627. The maximum Gasteiger partial charge on any atom is 0.246 e. The molecule has 7 atom stereocenters. The largest absolute Gasteiger partial charge is 0.348 e. The zero-order valence-electron chi connectivity index (χ0n) is 29.8. The van der Waals surface area contributed by atoms with Crippen molar-refractivity contribution < 1.29 is 13.9 Å². The lowest BCUT2D eigenvalue weighted by molar-refractivity contribution is -0.187. The number of halogens is 1. The number of rotatable bonds is 7. The van der Waals surface area contributed by atoms with Gasteiger partial charge in [-0.15, -0.1) is 0 Å². The number of aryl methyl sites for hydroxylation is 1. The second-order valence-corrected chi connectivity index (χ2v) is 16.4. The topological polar surface area (TPSA) is 83.9 Å². The number of carbonyl (C=O) groups is 1. The number of hydrogen-bond donors (Lipinski definition) is 2. The summed E-state index contributed by atoms with van der Waals surface area (Å²) in [5, 5.41) is 18.2. The summed E-state index contributed by atoms with van der Waals surface area (Å²) in [4.78, 5) is 20.0. The van der Waals surface area contributed by atoms with Crippen LogP contribution in [0.2, 0.25) is 0 Å². The molecule has 3 aliphatic heterocycles. The minimum Gasteiger partial charge on any atom is -0.348 e. The van der Waals surface area contributed by atoms with Gasteiger partial charge >= 0.3 is 0 Å². The maximum absolute atomic E-state index is 14.2. The van der Waals surface area contributed by atoms with Gasteiger partial charge in [0.1, 0.15) is 5.82 Å². The molecule has 3 heterocycles. The van der Waals surface area contributed by atoms with Crippen LogP contribution in [0.1, 0.15) is 101 Å². The SMILES string of the molecule is C=CC(=O)N1CCN(C2(C3CCCCCCC3)NC(OCC3CCCN3C)NC3C[C@@]4(CCc5cc(F)ccc5C4)CCC32)CC1CC#N. The molecule has 2 N–H and O–H groups in total. The van der Waals surface area contributed by atoms with E-state index in [0.29, 0.717) is 44.0 Å². The first-order chi connectivity index (χ1) is 23.8. The number of carbonyl (C=O) groups excluding carboxylic acids is 1. The second-order valence-electron chi connectivity index (χ2n) is 16.4. The molecule has 2 saturated carbocycles. The molecule has 9 heteroatoms. The van der Waals surface area contributed by atoms with E-state index in [2.05, 4.69) is 40.1 Å². The third kappa shape index (κ3) is 7.10. The van der Waals surface area contributed by atoms with Crippen molar-refractivity contribution in [2.45, 2.75) is 133 Å². The highest BCUT2D eigenvalue weighted by molar-refractivity contribution is 5.87. The molecule has 1 spiro atoms. The third-order valence-electron chi connectivity index (χ3n) is 13.7. The Balaban J connectivity index is 1.24. The van der Waals surface area contributed by atoms with Crippen LogP contribution in [0, 0.1) is 34.4 Å². The highest BCUT2D eigenvalue weighted by Crippen LogP contribution is 2.54. The fourth-order valence-corrected chi connectivity index (χ4v) is 11.2. The second kappa shape index (κ2) is 15.1. The predicted molar refractivity (Wildman–Crippen MR) is 190 cm³/mol. The molecular weight excluding hydrogens is 615 g/mol. The van der Waals surface area contributed by atoms with Crippen molar-refractivity contribution in [1.29, 1.82) is 5.26 Å². The minimum atomic E-state index is -0.298. The van der Waals surface area contributed by atoms with Crippen LogP contribution < -0.4 is 10.6 Å². The van der Waals surface area contributed by atoms with E-state index >= 15 is 0 Å². The zero-order valence-corrected chi connectivity index (χ0v) is 29.8. The molecule has 7 rings (SSSR count). The van der Waals surface area contributed by atoms with Crippen LogP contribution in [0.15, 0.2) is 30.9 Å². The van der Waals surface area contributed by atoms with Crippen molar-refractivity contribution in [3.05, 3.63) is 47.8 Å². The highest BCUT2D eigenvalue weighted by atomic mass is 19.1. The number of likely N-dealkylation sites (N-methyl/N-ethyl adjacent to an activating group) is 1. The molecule has 0 radical (unpaired) electrons. The van der Waals surface area contributed by atoms with E-state index in [1.807, 2.05) is 11.0 Å². The minimum absolute atomic E-state index is 0.0741. The Morgan fingerprint density at radius 2 is 1.88 bits per heavy atom. The first kappa shape index (κ1) is 35.1. The van der Waals surface area contributed by atoms with E-state index in [1.54, 1.807) is 12.1 Å². The van der Waals surface area contributed by atoms with Gasteiger partial charge in [0.05, 0.1) is 30.8 Å². The molecule has 1 aromatic carbocycles. The number of hydrogen-bond acceptors (Lipinski definition) is 7. The highest BCUT2D eigenvalue weighted by Gasteiger charge is 2.60. The molecule has 1 amide bonds. The molecule has 6 unspecified atom stereocenters. The average Bonchev–Trinajstić information content (AvgIpc) is 3.51. The first-order valence-electron chi connectivity index (χ1n) is 19.5. The van der Waals surface area contributed by atoms with E-state index in [0.717, 1.165) is 51.6 Å². The summed E-state index contributed by atoms with van der Waals surface area (Å²) in [6, 6.07) is 8.39. The van der Waals surface area contributed by atoms with Crippen LogP contribution >= 0.6 is 0 Å². The Labute approximate surface area is 293 Å². The van der Waals surface area contributed by atoms with Crippen LogP contribution in [-0.2, 0) is 22.4 Å². The van der Waals surface area contributed by atoms with Crippen LogP contribution in [0.3, 0.4) is 0 Å². The number of fused-ring (bicyclic) bond motifs is 2. The summed E-state index contributed by atoms with van der Waals surface area (Å²) in [6.07, 6.45) is 19.0. The fraction of sp³-hybridized carbons (Fsp3) is 0.750. The number of benzene rings is 1. The smallest absolute Gasteiger partial charge is 0.246 e. The normalized spacial score (nSPS) is 36.3. The van der Waals surface area contributed by atoms with Crippen molar-refractivity contribution in [1.82, 2.24) is 25.3 Å². The van der Waals surface area contributed by atoms with Crippen LogP contribution in [0.25, 0.3) is 0 Å². The lowest BCUT2D eigenvalue weighted by Gasteiger charge is -2.64. The zero-order chi connectivity index (χ0) is 34.0. The molecule has 0 aromatic heterocycles. The summed E-state index contributed by atoms with van der Waals surface area (Å²) in [6.45, 7) is 7.66. The van der Waals surface area contributed by atoms with Gasteiger partial charge in [-0.2, -0.15) is 5.26 Å². The van der Waals surface area contributed by atoms with Gasteiger partial charge in [-0.05, 0) is 118 Å². The number of nitrogens with zero attached hydrogens (tertiary/aromatic N) is 4. The van der Waals surface area contributed by atoms with Crippen molar-refractivity contribution >= 4 is 5.91 Å². The number of amides is 1. The van der Waals surface area contributed by atoms with Gasteiger partial charge in [0, 0.05) is 37.6 Å². The van der Waals surface area contributed by atoms with Crippen LogP contribution in [0.5, 0.6) is 0 Å². The summed E-state index contributed by atoms with van der Waals surface area (Å²) < 4.78 is 21.1. The first-order valence-corrected chi connectivity index (χ1v) is 19.5. The quantitative estimate of drug-likeness (QED) is 0.358. The molecule has 3 aliphatic carbocycles. The van der Waals surface area contributed by atoms with Crippen molar-refractivity contribution in [2.24, 2.45) is 17.3 Å². The molecule has 6 aliphatic rings. The van der Waals surface area contributed by atoms with Crippen LogP contribution in [-0.4, -0.2) is 90.6 Å². The Morgan fingerprint density at radius 3 is 2.63 bits per heavy atom. The van der Waals surface area contributed by atoms with E-state index in [1.165, 1.54) is 75.0 Å². The van der Waals surface area contributed by atoms with Gasteiger partial charge in [-0.25, -0.2) is 4.39 Å². The van der Waals surface area contributed by atoms with Gasteiger partial charge in [-0.3, -0.25) is 20.3 Å². The van der Waals surface area contributed by atoms with Crippen LogP contribution in [0.4, 0.5) is 4.39 Å². The van der Waals surface area contributed by atoms with E-state index in [4.69, 9.17) is 4.74 Å². The number of ether oxygens (including phenoxy) is 1. The van der Waals surface area contributed by atoms with Gasteiger partial charge < -0.3 is 14.5 Å². The molecule has 3 saturated heterocycles. The molecular formula is C40H59FN6O2. The van der Waals surface area contributed by atoms with Crippen molar-refractivity contribution in [2.75, 3.05) is 39.8 Å². The van der Waals surface area contributed by atoms with Crippen molar-refractivity contribution in [3.63, 3.8) is 0 Å². The van der Waals surface area contributed by atoms with E-state index in [9.17, 15) is 14.4 Å². The van der Waals surface area contributed by atoms with E-state index < -0.39 is 0 Å². The number of nitriles is 1. The maximum atomic E-state index is 14.2. The summed E-state index contributed by atoms with van der Waals surface area (Å²) >= 11 is 0. The number of likely N-dealkylation sites (tertiary alicyclic amines) is 1. The summed E-state index contributed by atoms with van der Waals surface area (Å²) in [5.41, 5.74) is 2.41. The Bertz CT molecular complexity index is 1380. The number of nitrogens with one attached hydrogen (secondary N) is 2. The van der Waals surface area contributed by atoms with Crippen molar-refractivity contribution in [3.8, 4) is 6.07 Å². The molecule has 1 aromatic rings. The molecule has 8 nitrogen and oxygen atoms in total. The van der Waals surface area contributed by atoms with Gasteiger partial charge in [0.2, 0.25) is 5.91 Å². The molecule has 5 fully saturated rings. The summed E-state index contributed by atoms with van der Waals surface area (Å²) in [7, 11) is 2.22. The number of piperazine rings is 1.